The fourth-order valence-electron chi connectivity index (χ4n) is 5.29. The van der Waals surface area contributed by atoms with E-state index in [0.717, 1.165) is 0 Å². The van der Waals surface area contributed by atoms with Crippen LogP contribution in [0.1, 0.15) is 158 Å². The van der Waals surface area contributed by atoms with Crippen LogP contribution in [0, 0.1) is 0 Å². The van der Waals surface area contributed by atoms with Gasteiger partial charge in [0.15, 0.2) is 0 Å². The van der Waals surface area contributed by atoms with Gasteiger partial charge in [-0.25, -0.2) is 0 Å². The molecule has 0 N–H and O–H groups in total. The van der Waals surface area contributed by atoms with Gasteiger partial charge in [-0.3, -0.25) is 0 Å². The minimum Gasteiger partial charge on any atom is -0.749 e. The molecule has 12 heteroatoms. The first-order valence-electron chi connectivity index (χ1n) is 17.7. The average molecular weight is 818 g/mol. The Morgan fingerprint density at radius 2 is 0.409 bits per heavy atom. The Labute approximate surface area is 317 Å². The molecule has 0 bridgehead atoms. The van der Waals surface area contributed by atoms with Crippen LogP contribution >= 0.6 is 66.5 Å². The molecule has 0 saturated heterocycles. The molecular weight excluding hydrogens is 745 g/mol. The van der Waals surface area contributed by atoms with E-state index in [1.807, 2.05) is 0 Å². The number of halogens is 6. The van der Waals surface area contributed by atoms with Crippen LogP contribution in [0.25, 0.3) is 0 Å². The van der Waals surface area contributed by atoms with E-state index in [2.05, 4.69) is 79.5 Å². The van der Waals surface area contributed by atoms with Crippen molar-refractivity contribution in [2.45, 2.75) is 158 Å². The quantitative estimate of drug-likeness (QED) is 0.0412. The molecule has 0 fully saturated rings. The first-order valence-corrected chi connectivity index (χ1v) is 30.1. The van der Waals surface area contributed by atoms with Crippen molar-refractivity contribution in [3.8, 4) is 0 Å². The van der Waals surface area contributed by atoms with Crippen LogP contribution in [-0.2, 0) is 24.2 Å². The van der Waals surface area contributed by atoms with Crippen LogP contribution in [0.2, 0.25) is 0 Å². The number of unbranched alkanes of at least 4 members (excludes halogenated alkanes) is 8. The first kappa shape index (κ1) is 53.6. The summed E-state index contributed by atoms with van der Waals surface area (Å²) in [6.45, 7) is 30.0. The zero-order valence-electron chi connectivity index (χ0n) is 29.9. The van der Waals surface area contributed by atoms with Gasteiger partial charge in [0.2, 0.25) is 10.3 Å². The Morgan fingerprint density at radius 1 is 0.318 bits per heavy atom. The minimum atomic E-state index is -2.61. The second kappa shape index (κ2) is 35.6. The number of hydrogen-bond acceptors (Lipinski definition) is 2. The van der Waals surface area contributed by atoms with Crippen molar-refractivity contribution in [2.24, 2.45) is 0 Å². The van der Waals surface area contributed by atoms with Crippen molar-refractivity contribution in [3.63, 3.8) is 0 Å². The van der Waals surface area contributed by atoms with E-state index in [-0.39, 0.29) is 0 Å². The van der Waals surface area contributed by atoms with Gasteiger partial charge in [-0.1, -0.05) is 107 Å². The molecule has 0 amide bonds. The molecule has 0 aromatic rings. The van der Waals surface area contributed by atoms with Gasteiger partial charge in [-0.05, 0) is 51.4 Å². The van der Waals surface area contributed by atoms with E-state index in [4.69, 9.17) is 66.5 Å². The topological polar surface area (TPSA) is 0 Å². The summed E-state index contributed by atoms with van der Waals surface area (Å²) >= 11 is 38.6. The van der Waals surface area contributed by atoms with Crippen LogP contribution in [0.5, 0.6) is 0 Å². The fraction of sp³-hybridized carbons (Fsp3) is 1.00. The Balaban J connectivity index is -0.000000278. The van der Waals surface area contributed by atoms with Crippen LogP contribution in [-0.4, -0.2) is 71.6 Å². The maximum atomic E-state index is 5.01. The van der Waals surface area contributed by atoms with Gasteiger partial charge in [0.25, 0.3) is 0 Å². The van der Waals surface area contributed by atoms with Crippen LogP contribution < -0.4 is 0 Å². The van der Waals surface area contributed by atoms with Crippen molar-refractivity contribution in [1.82, 2.24) is 0 Å². The molecule has 0 radical (unpaired) electrons. The lowest BCUT2D eigenvalue weighted by Gasteiger charge is -2.39. The smallest absolute Gasteiger partial charge is 0.211 e. The van der Waals surface area contributed by atoms with Crippen LogP contribution in [0.15, 0.2) is 0 Å². The predicted molar refractivity (Wildman–Crippen MR) is 220 cm³/mol. The van der Waals surface area contributed by atoms with E-state index in [1.165, 1.54) is 164 Å². The van der Waals surface area contributed by atoms with Crippen LogP contribution in [0.3, 0.4) is 0 Å². The average Bonchev–Trinajstić information content (AvgIpc) is 2.94. The first-order chi connectivity index (χ1) is 20.5. The Kier molecular flexibility index (Phi) is 43.4. The number of hydrogen-bond donors (Lipinski definition) is 0. The Morgan fingerprint density at radius 3 is 0.477 bits per heavy atom. The predicted octanol–water partition coefficient (Wildman–Crippen LogP) is 13.4. The monoisotopic (exact) mass is 814 g/mol. The summed E-state index contributed by atoms with van der Waals surface area (Å²) < 4.78 is 2.84. The van der Waals surface area contributed by atoms with Gasteiger partial charge in [0, 0.05) is 0 Å². The van der Waals surface area contributed by atoms with Gasteiger partial charge < -0.3 is 33.1 Å². The molecule has 44 heavy (non-hydrogen) atoms. The third-order valence-electron chi connectivity index (χ3n) is 7.89. The SMILES string of the molecule is CCCC[N+](CCCC)(CCCC)CCCC.CCCC[N+](CCCC)(CCCC)CCCC.[S-][Si](Cl)(Cl)Cl.[S-][Si](Cl)(Cl)Cl. The lowest BCUT2D eigenvalue weighted by Crippen LogP contribution is -2.50. The Hall–Kier alpha value is 2.79. The molecule has 2 nitrogen and oxygen atoms in total. The molecular formula is C32H72Cl6N2S2Si2. The normalized spacial score (nSPS) is 12.0. The molecule has 0 rings (SSSR count). The Bertz CT molecular complexity index is 437. The van der Waals surface area contributed by atoms with E-state index in [1.54, 1.807) is 0 Å². The highest BCUT2D eigenvalue weighted by Gasteiger charge is 2.25. The van der Waals surface area contributed by atoms with Gasteiger partial charge in [-0.2, -0.15) is 66.5 Å². The maximum absolute atomic E-state index is 5.01. The summed E-state index contributed by atoms with van der Waals surface area (Å²) in [6, 6.07) is 0. The summed E-state index contributed by atoms with van der Waals surface area (Å²) in [7, 11) is 0. The van der Waals surface area contributed by atoms with E-state index >= 15 is 0 Å². The van der Waals surface area contributed by atoms with Gasteiger partial charge >= 0.3 is 0 Å². The molecule has 0 atom stereocenters. The fourth-order valence-corrected chi connectivity index (χ4v) is 5.29. The molecule has 0 aliphatic heterocycles. The van der Waals surface area contributed by atoms with Crippen molar-refractivity contribution >= 4 is 101 Å². The molecule has 272 valence electrons. The second-order valence-corrected chi connectivity index (χ2v) is 35.4. The zero-order chi connectivity index (χ0) is 35.0. The number of quaternary nitrogens is 2. The standard InChI is InChI=1S/2C16H36N.2Cl3SSi/c2*1-5-9-13-17(14-10-6-2,15-11-7-3)16-12-8-4;2*1-5(2,3)4/h2*5-16H2,1-4H3;;/q2*+1;2*-1. The van der Waals surface area contributed by atoms with Crippen LogP contribution in [0.4, 0.5) is 0 Å². The molecule has 0 spiro atoms. The summed E-state index contributed by atoms with van der Waals surface area (Å²) in [5.41, 5.74) is 0. The molecule has 0 saturated carbocycles. The number of rotatable bonds is 24. The highest BCUT2D eigenvalue weighted by molar-refractivity contribution is 8.22. The van der Waals surface area contributed by atoms with Crippen molar-refractivity contribution in [3.05, 3.63) is 0 Å². The molecule has 0 aromatic carbocycles. The lowest BCUT2D eigenvalue weighted by molar-refractivity contribution is -0.929. The minimum absolute atomic E-state index is 1.35. The highest BCUT2D eigenvalue weighted by Crippen LogP contribution is 2.18. The van der Waals surface area contributed by atoms with Crippen molar-refractivity contribution in [1.29, 1.82) is 0 Å². The summed E-state index contributed by atoms with van der Waals surface area (Å²) in [5, 5.41) is -5.22. The van der Waals surface area contributed by atoms with Gasteiger partial charge in [0.1, 0.15) is 0 Å². The molecule has 0 unspecified atom stereocenters. The zero-order valence-corrected chi connectivity index (χ0v) is 38.1. The van der Waals surface area contributed by atoms with Gasteiger partial charge in [0.05, 0.1) is 52.4 Å². The highest BCUT2D eigenvalue weighted by atomic mass is 35.9. The largest absolute Gasteiger partial charge is 0.749 e. The maximum Gasteiger partial charge on any atom is 0.211 e. The third kappa shape index (κ3) is 46.9. The third-order valence-corrected chi connectivity index (χ3v) is 7.89. The van der Waals surface area contributed by atoms with Crippen molar-refractivity contribution in [2.75, 3.05) is 52.4 Å². The summed E-state index contributed by atoms with van der Waals surface area (Å²) in [6.07, 6.45) is 22.1. The van der Waals surface area contributed by atoms with Gasteiger partial charge in [-0.15, -0.1) is 0 Å². The summed E-state index contributed by atoms with van der Waals surface area (Å²) in [5.74, 6) is 0. The van der Waals surface area contributed by atoms with E-state index < -0.39 is 10.3 Å². The molecule has 0 aromatic heterocycles. The molecule has 0 aliphatic rings. The second-order valence-electron chi connectivity index (χ2n) is 12.2. The molecule has 0 heterocycles. The summed E-state index contributed by atoms with van der Waals surface area (Å²) in [4.78, 5) is 0. The lowest BCUT2D eigenvalue weighted by atomic mass is 10.1. The molecule has 0 aliphatic carbocycles. The van der Waals surface area contributed by atoms with E-state index in [9.17, 15) is 0 Å². The van der Waals surface area contributed by atoms with Crippen molar-refractivity contribution < 1.29 is 8.97 Å². The van der Waals surface area contributed by atoms with E-state index in [0.29, 0.717) is 0 Å². The number of nitrogens with zero attached hydrogens (tertiary/aromatic N) is 2.